The number of carbonyl (C=O) groups is 1. The molecule has 14 heteroatoms. The van der Waals surface area contributed by atoms with Gasteiger partial charge in [0, 0.05) is 18.2 Å². The molecule has 0 aliphatic heterocycles. The molecule has 154 valence electrons. The average molecular weight is 429 g/mol. The van der Waals surface area contributed by atoms with Gasteiger partial charge >= 0.3 is 12.1 Å². The van der Waals surface area contributed by atoms with Crippen LogP contribution in [-0.4, -0.2) is 47.0 Å². The number of nitrogens with one attached hydrogen (secondary N) is 1. The molecule has 0 amide bonds. The van der Waals surface area contributed by atoms with Gasteiger partial charge in [-0.25, -0.2) is 4.98 Å². The van der Waals surface area contributed by atoms with Crippen LogP contribution in [0.3, 0.4) is 0 Å². The van der Waals surface area contributed by atoms with E-state index in [1.54, 1.807) is 0 Å². The molecule has 0 unspecified atom stereocenters. The summed E-state index contributed by atoms with van der Waals surface area (Å²) in [7, 11) is 1.31. The molecule has 3 N–H and O–H groups in total. The summed E-state index contributed by atoms with van der Waals surface area (Å²) in [5.74, 6) is -1.21. The van der Waals surface area contributed by atoms with Crippen molar-refractivity contribution in [2.45, 2.75) is 11.3 Å². The molecule has 0 fully saturated rings. The van der Waals surface area contributed by atoms with Crippen LogP contribution in [0.2, 0.25) is 0 Å². The van der Waals surface area contributed by atoms with Gasteiger partial charge in [-0.2, -0.15) is 18.3 Å². The number of halogens is 3. The Kier molecular flexibility index (Phi) is 5.50. The van der Waals surface area contributed by atoms with Gasteiger partial charge in [0.1, 0.15) is 0 Å². The number of carboxylic acid groups (broad SMARTS) is 1. The molecular formula is C15H12F3N6O4S-. The van der Waals surface area contributed by atoms with E-state index in [1.807, 2.05) is 0 Å². The zero-order valence-electron chi connectivity index (χ0n) is 14.5. The second kappa shape index (κ2) is 7.73. The van der Waals surface area contributed by atoms with E-state index in [9.17, 15) is 28.4 Å². The summed E-state index contributed by atoms with van der Waals surface area (Å²) in [4.78, 5) is 14.7. The zero-order valence-corrected chi connectivity index (χ0v) is 15.3. The van der Waals surface area contributed by atoms with Crippen molar-refractivity contribution in [2.75, 3.05) is 11.0 Å². The van der Waals surface area contributed by atoms with Crippen LogP contribution in [-0.2, 0) is 18.0 Å². The highest BCUT2D eigenvalue weighted by atomic mass is 32.2. The van der Waals surface area contributed by atoms with Gasteiger partial charge in [0.05, 0.1) is 17.1 Å². The van der Waals surface area contributed by atoms with Gasteiger partial charge < -0.3 is 15.5 Å². The fraction of sp³-hybridized carbons (Fsp3) is 0.200. The van der Waals surface area contributed by atoms with E-state index in [2.05, 4.69) is 20.3 Å². The Morgan fingerprint density at radius 3 is 2.59 bits per heavy atom. The quantitative estimate of drug-likeness (QED) is 0.398. The number of benzene rings is 1. The van der Waals surface area contributed by atoms with Crippen molar-refractivity contribution in [1.82, 2.24) is 25.0 Å². The normalized spacial score (nSPS) is 11.7. The molecule has 3 aromatic rings. The van der Waals surface area contributed by atoms with Gasteiger partial charge in [0.25, 0.3) is 0 Å². The minimum absolute atomic E-state index is 0.0438. The molecule has 0 saturated heterocycles. The number of hydrogen-bond acceptors (Lipinski definition) is 8. The monoisotopic (exact) mass is 429 g/mol. The van der Waals surface area contributed by atoms with E-state index in [4.69, 9.17) is 5.11 Å². The first kappa shape index (κ1) is 20.6. The Labute approximate surface area is 164 Å². The lowest BCUT2D eigenvalue weighted by Crippen LogP contribution is -2.07. The van der Waals surface area contributed by atoms with E-state index >= 15 is 0 Å². The molecule has 0 aliphatic carbocycles. The molecule has 2 aromatic heterocycles. The Hall–Kier alpha value is -3.10. The molecule has 3 rings (SSSR count). The third-order valence-corrected chi connectivity index (χ3v) is 4.50. The summed E-state index contributed by atoms with van der Waals surface area (Å²) in [5.41, 5.74) is -0.937. The second-order valence-electron chi connectivity index (χ2n) is 5.73. The van der Waals surface area contributed by atoms with Crippen molar-refractivity contribution in [3.63, 3.8) is 0 Å². The number of hydrogen-bond donors (Lipinski definition) is 3. The van der Waals surface area contributed by atoms with Crippen molar-refractivity contribution in [3.05, 3.63) is 35.2 Å². The topological polar surface area (TPSA) is 143 Å². The Balaban J connectivity index is 2.04. The summed E-state index contributed by atoms with van der Waals surface area (Å²) in [6.45, 7) is 0. The van der Waals surface area contributed by atoms with Crippen LogP contribution in [0.4, 0.5) is 18.9 Å². The standard InChI is InChI=1S/C15H12F3N6O4S/c1-23-10(5-11(22-23)15(16,17)18)7-2-8(4-9(3-7)24(27)28)13-19-14(21-20-13)29-6-12(25)26/h2-5,27H,6H2,1H3,(H,25,26)(H,19,20,21)/q-1. The number of aliphatic carboxylic acids is 1. The van der Waals surface area contributed by atoms with Crippen molar-refractivity contribution >= 4 is 23.4 Å². The van der Waals surface area contributed by atoms with Crippen molar-refractivity contribution in [1.29, 1.82) is 0 Å². The predicted molar refractivity (Wildman–Crippen MR) is 95.0 cm³/mol. The number of thioether (sulfide) groups is 1. The first-order valence-corrected chi connectivity index (χ1v) is 8.73. The summed E-state index contributed by atoms with van der Waals surface area (Å²) in [6, 6.07) is 4.66. The third-order valence-electron chi connectivity index (χ3n) is 3.67. The van der Waals surface area contributed by atoms with E-state index in [1.165, 1.54) is 25.2 Å². The van der Waals surface area contributed by atoms with E-state index in [-0.39, 0.29) is 39.2 Å². The van der Waals surface area contributed by atoms with Gasteiger partial charge in [0.2, 0.25) is 5.16 Å². The largest absolute Gasteiger partial charge is 0.733 e. The van der Waals surface area contributed by atoms with Gasteiger partial charge in [-0.15, -0.1) is 5.10 Å². The van der Waals surface area contributed by atoms with Crippen molar-refractivity contribution in [3.8, 4) is 22.6 Å². The smallest absolute Gasteiger partial charge is 0.435 e. The lowest BCUT2D eigenvalue weighted by atomic mass is 10.1. The summed E-state index contributed by atoms with van der Waals surface area (Å²) in [5, 5.41) is 38.9. The fourth-order valence-electron chi connectivity index (χ4n) is 2.45. The molecular weight excluding hydrogens is 417 g/mol. The number of nitrogens with zero attached hydrogens (tertiary/aromatic N) is 5. The van der Waals surface area contributed by atoms with Crippen molar-refractivity contribution in [2.24, 2.45) is 7.05 Å². The Bertz CT molecular complexity index is 1050. The minimum Gasteiger partial charge on any atom is -0.733 e. The molecule has 0 saturated carbocycles. The SMILES string of the molecule is Cn1nc(C(F)(F)F)cc1-c1cc(-c2nc(SCC(=O)O)n[nH]2)cc(N([O-])O)c1. The highest BCUT2D eigenvalue weighted by Gasteiger charge is 2.34. The van der Waals surface area contributed by atoms with Crippen LogP contribution in [0.5, 0.6) is 0 Å². The summed E-state index contributed by atoms with van der Waals surface area (Å²) < 4.78 is 39.8. The zero-order chi connectivity index (χ0) is 21.3. The van der Waals surface area contributed by atoms with Crippen molar-refractivity contribution < 1.29 is 28.3 Å². The molecule has 10 nitrogen and oxygen atoms in total. The summed E-state index contributed by atoms with van der Waals surface area (Å²) >= 11 is 0.850. The van der Waals surface area contributed by atoms with Crippen LogP contribution in [0.25, 0.3) is 22.6 Å². The molecule has 29 heavy (non-hydrogen) atoms. The maximum absolute atomic E-state index is 12.9. The highest BCUT2D eigenvalue weighted by molar-refractivity contribution is 7.99. The first-order valence-electron chi connectivity index (χ1n) is 7.75. The summed E-state index contributed by atoms with van der Waals surface area (Å²) in [6.07, 6.45) is -4.65. The molecule has 0 bridgehead atoms. The molecule has 0 atom stereocenters. The molecule has 1 aromatic carbocycles. The Morgan fingerprint density at radius 1 is 1.31 bits per heavy atom. The fourth-order valence-corrected chi connectivity index (χ4v) is 2.97. The second-order valence-corrected chi connectivity index (χ2v) is 6.67. The lowest BCUT2D eigenvalue weighted by molar-refractivity contribution is -0.141. The lowest BCUT2D eigenvalue weighted by Gasteiger charge is -2.23. The third kappa shape index (κ3) is 4.67. The van der Waals surface area contributed by atoms with Gasteiger partial charge in [0.15, 0.2) is 11.5 Å². The Morgan fingerprint density at radius 2 is 2.00 bits per heavy atom. The number of carboxylic acids is 1. The molecule has 0 radical (unpaired) electrons. The number of H-pyrrole nitrogens is 1. The van der Waals surface area contributed by atoms with Crippen LogP contribution in [0.1, 0.15) is 5.69 Å². The van der Waals surface area contributed by atoms with Crippen LogP contribution >= 0.6 is 11.8 Å². The van der Waals surface area contributed by atoms with E-state index in [0.29, 0.717) is 0 Å². The average Bonchev–Trinajstić information content (AvgIpc) is 3.26. The number of aromatic amines is 1. The van der Waals surface area contributed by atoms with E-state index in [0.717, 1.165) is 22.5 Å². The van der Waals surface area contributed by atoms with Crippen LogP contribution in [0, 0.1) is 5.21 Å². The number of rotatable bonds is 6. The molecule has 2 heterocycles. The molecule has 0 aliphatic rings. The number of anilines is 1. The van der Waals surface area contributed by atoms with Gasteiger partial charge in [-0.3, -0.25) is 19.8 Å². The maximum Gasteiger partial charge on any atom is 0.435 e. The first-order chi connectivity index (χ1) is 13.5. The number of aromatic nitrogens is 5. The van der Waals surface area contributed by atoms with Crippen LogP contribution in [0.15, 0.2) is 29.4 Å². The number of alkyl halides is 3. The van der Waals surface area contributed by atoms with Gasteiger partial charge in [-0.1, -0.05) is 11.8 Å². The minimum atomic E-state index is -4.65. The predicted octanol–water partition coefficient (Wildman–Crippen LogP) is 2.76. The number of aryl methyl sites for hydroxylation is 1. The maximum atomic E-state index is 12.9. The highest BCUT2D eigenvalue weighted by Crippen LogP contribution is 2.34. The van der Waals surface area contributed by atoms with Crippen LogP contribution < -0.4 is 5.23 Å². The molecule has 0 spiro atoms. The van der Waals surface area contributed by atoms with Gasteiger partial charge in [-0.05, 0) is 24.3 Å². The van der Waals surface area contributed by atoms with E-state index < -0.39 is 23.1 Å².